The van der Waals surface area contributed by atoms with Crippen LogP contribution in [0.25, 0.3) is 0 Å². The first-order valence-corrected chi connectivity index (χ1v) is 4.26. The summed E-state index contributed by atoms with van der Waals surface area (Å²) in [5.41, 5.74) is 1.62. The lowest BCUT2D eigenvalue weighted by Gasteiger charge is -1.95. The second-order valence-electron chi connectivity index (χ2n) is 1.49. The summed E-state index contributed by atoms with van der Waals surface area (Å²) < 4.78 is 4.63. The topological polar surface area (TPSA) is 38.7 Å². The summed E-state index contributed by atoms with van der Waals surface area (Å²) in [6, 6.07) is 0. The van der Waals surface area contributed by atoms with Gasteiger partial charge in [-0.15, -0.1) is 11.8 Å². The zero-order valence-electron chi connectivity index (χ0n) is 6.16. The fourth-order valence-electron chi connectivity index (χ4n) is 0.393. The predicted molar refractivity (Wildman–Crippen MR) is 43.5 cm³/mol. The normalized spacial score (nSPS) is 10.2. The van der Waals surface area contributed by atoms with Crippen molar-refractivity contribution in [3.05, 3.63) is 0 Å². The summed E-state index contributed by atoms with van der Waals surface area (Å²) in [5.74, 6) is -0.271. The van der Waals surface area contributed by atoms with Gasteiger partial charge in [-0.1, -0.05) is 0 Å². The highest BCUT2D eigenvalue weighted by Crippen LogP contribution is 1.84. The van der Waals surface area contributed by atoms with Gasteiger partial charge in [0.1, 0.15) is 6.54 Å². The second kappa shape index (κ2) is 6.61. The second-order valence-corrected chi connectivity index (χ2v) is 2.17. The van der Waals surface area contributed by atoms with E-state index in [0.717, 1.165) is 0 Å². The molecule has 0 aromatic rings. The van der Waals surface area contributed by atoms with Gasteiger partial charge in [0.15, 0.2) is 0 Å². The molecule has 0 atom stereocenters. The van der Waals surface area contributed by atoms with Crippen molar-refractivity contribution in [1.82, 2.24) is 0 Å². The van der Waals surface area contributed by atoms with Crippen LogP contribution in [0.5, 0.6) is 0 Å². The molecule has 0 rings (SSSR count). The van der Waals surface area contributed by atoms with E-state index in [-0.39, 0.29) is 12.5 Å². The first-order valence-electron chi connectivity index (χ1n) is 2.98. The molecule has 3 nitrogen and oxygen atoms in total. The number of carbonyl (C=O) groups is 1. The van der Waals surface area contributed by atoms with Crippen molar-refractivity contribution >= 4 is 23.3 Å². The maximum Gasteiger partial charge on any atom is 0.327 e. The highest BCUT2D eigenvalue weighted by atomic mass is 32.2. The Labute approximate surface area is 64.9 Å². The van der Waals surface area contributed by atoms with Crippen LogP contribution in [0.4, 0.5) is 0 Å². The van der Waals surface area contributed by atoms with Gasteiger partial charge in [0, 0.05) is 0 Å². The molecule has 0 amide bonds. The quantitative estimate of drug-likeness (QED) is 0.350. The van der Waals surface area contributed by atoms with Crippen LogP contribution in [-0.4, -0.2) is 30.9 Å². The Balaban J connectivity index is 3.30. The molecular formula is C6H11NO2S. The first kappa shape index (κ1) is 9.49. The van der Waals surface area contributed by atoms with Gasteiger partial charge < -0.3 is 4.74 Å². The van der Waals surface area contributed by atoms with Gasteiger partial charge in [-0.3, -0.25) is 9.79 Å². The minimum atomic E-state index is -0.271. The molecule has 0 aliphatic heterocycles. The van der Waals surface area contributed by atoms with E-state index < -0.39 is 0 Å². The van der Waals surface area contributed by atoms with Crippen molar-refractivity contribution in [2.24, 2.45) is 4.99 Å². The smallest absolute Gasteiger partial charge is 0.327 e. The molecule has 0 aromatic carbocycles. The largest absolute Gasteiger partial charge is 0.465 e. The van der Waals surface area contributed by atoms with Crippen molar-refractivity contribution in [3.63, 3.8) is 0 Å². The molecule has 0 saturated heterocycles. The number of rotatable bonds is 4. The average molecular weight is 161 g/mol. The van der Waals surface area contributed by atoms with Gasteiger partial charge >= 0.3 is 5.97 Å². The zero-order chi connectivity index (χ0) is 7.82. The Kier molecular flexibility index (Phi) is 6.27. The Hall–Kier alpha value is -0.510. The molecule has 10 heavy (non-hydrogen) atoms. The Bertz CT molecular complexity index is 125. The van der Waals surface area contributed by atoms with E-state index in [1.807, 2.05) is 6.26 Å². The molecule has 0 fully saturated rings. The molecule has 0 heterocycles. The van der Waals surface area contributed by atoms with Gasteiger partial charge in [-0.25, -0.2) is 0 Å². The third-order valence-corrected chi connectivity index (χ3v) is 1.07. The molecule has 58 valence electrons. The Morgan fingerprint density at radius 2 is 2.50 bits per heavy atom. The van der Waals surface area contributed by atoms with Crippen molar-refractivity contribution in [1.29, 1.82) is 0 Å². The van der Waals surface area contributed by atoms with Gasteiger partial charge in [0.25, 0.3) is 0 Å². The van der Waals surface area contributed by atoms with Gasteiger partial charge in [-0.05, 0) is 13.2 Å². The van der Waals surface area contributed by atoms with Crippen molar-refractivity contribution < 1.29 is 9.53 Å². The number of carbonyl (C=O) groups excluding carboxylic acids is 1. The van der Waals surface area contributed by atoms with E-state index in [4.69, 9.17) is 0 Å². The molecular weight excluding hydrogens is 150 g/mol. The van der Waals surface area contributed by atoms with Crippen molar-refractivity contribution in [2.75, 3.05) is 19.4 Å². The van der Waals surface area contributed by atoms with Crippen LogP contribution in [0.1, 0.15) is 6.92 Å². The highest BCUT2D eigenvalue weighted by molar-refractivity contribution is 8.11. The molecule has 0 spiro atoms. The summed E-state index contributed by atoms with van der Waals surface area (Å²) in [5, 5.41) is 0. The van der Waals surface area contributed by atoms with E-state index in [9.17, 15) is 4.79 Å². The molecule has 0 aliphatic rings. The number of ether oxygens (including phenoxy) is 1. The number of esters is 1. The van der Waals surface area contributed by atoms with Gasteiger partial charge in [0.05, 0.1) is 12.2 Å². The first-order chi connectivity index (χ1) is 4.81. The average Bonchev–Trinajstić information content (AvgIpc) is 1.89. The fourth-order valence-corrected chi connectivity index (χ4v) is 0.617. The summed E-state index contributed by atoms with van der Waals surface area (Å²) in [6.45, 7) is 2.33. The molecule has 0 bridgehead atoms. The van der Waals surface area contributed by atoms with E-state index in [0.29, 0.717) is 6.61 Å². The maximum atomic E-state index is 10.6. The number of nitrogens with zero attached hydrogens (tertiary/aromatic N) is 1. The zero-order valence-corrected chi connectivity index (χ0v) is 6.98. The van der Waals surface area contributed by atoms with E-state index in [2.05, 4.69) is 9.73 Å². The van der Waals surface area contributed by atoms with E-state index in [1.54, 1.807) is 12.5 Å². The van der Waals surface area contributed by atoms with Crippen molar-refractivity contribution in [3.8, 4) is 0 Å². The molecule has 0 aliphatic carbocycles. The van der Waals surface area contributed by atoms with Crippen LogP contribution in [0.2, 0.25) is 0 Å². The standard InChI is InChI=1S/C6H11NO2S/c1-3-9-6(8)4-7-5-10-2/h5H,3-4H2,1-2H3. The lowest BCUT2D eigenvalue weighted by Crippen LogP contribution is -2.07. The van der Waals surface area contributed by atoms with Crippen molar-refractivity contribution in [2.45, 2.75) is 6.92 Å². The van der Waals surface area contributed by atoms with E-state index in [1.165, 1.54) is 11.8 Å². The number of thioether (sulfide) groups is 1. The van der Waals surface area contributed by atoms with Gasteiger partial charge in [-0.2, -0.15) is 0 Å². The monoisotopic (exact) mass is 161 g/mol. The summed E-state index contributed by atoms with van der Waals surface area (Å²) in [4.78, 5) is 14.3. The number of hydrogen-bond donors (Lipinski definition) is 0. The van der Waals surface area contributed by atoms with Crippen LogP contribution >= 0.6 is 11.8 Å². The summed E-state index contributed by atoms with van der Waals surface area (Å²) in [7, 11) is 0. The minimum Gasteiger partial charge on any atom is -0.465 e. The third kappa shape index (κ3) is 5.62. The molecule has 0 aromatic heterocycles. The summed E-state index contributed by atoms with van der Waals surface area (Å²) in [6.07, 6.45) is 1.88. The molecule has 4 heteroatoms. The number of hydrogen-bond acceptors (Lipinski definition) is 4. The fraction of sp³-hybridized carbons (Fsp3) is 0.667. The molecule has 0 saturated carbocycles. The van der Waals surface area contributed by atoms with Gasteiger partial charge in [0.2, 0.25) is 0 Å². The minimum absolute atomic E-state index is 0.134. The number of aliphatic imine (C=N–C) groups is 1. The summed E-state index contributed by atoms with van der Waals surface area (Å²) >= 11 is 1.46. The molecule has 0 radical (unpaired) electrons. The van der Waals surface area contributed by atoms with Crippen LogP contribution in [0.3, 0.4) is 0 Å². The lowest BCUT2D eigenvalue weighted by atomic mass is 10.7. The van der Waals surface area contributed by atoms with E-state index >= 15 is 0 Å². The third-order valence-electron chi connectivity index (χ3n) is 0.706. The molecule has 0 N–H and O–H groups in total. The van der Waals surface area contributed by atoms with Crippen LogP contribution < -0.4 is 0 Å². The highest BCUT2D eigenvalue weighted by Gasteiger charge is 1.95. The Morgan fingerprint density at radius 3 is 3.00 bits per heavy atom. The predicted octanol–water partition coefficient (Wildman–Crippen LogP) is 0.941. The van der Waals surface area contributed by atoms with Crippen LogP contribution in [0.15, 0.2) is 4.99 Å². The lowest BCUT2D eigenvalue weighted by molar-refractivity contribution is -0.141. The van der Waals surface area contributed by atoms with Crippen LogP contribution in [-0.2, 0) is 9.53 Å². The van der Waals surface area contributed by atoms with Crippen LogP contribution in [0, 0.1) is 0 Å². The SMILES string of the molecule is CCOC(=O)CN=CSC. The molecule has 0 unspecified atom stereocenters. The Morgan fingerprint density at radius 1 is 1.80 bits per heavy atom. The maximum absolute atomic E-state index is 10.6.